The van der Waals surface area contributed by atoms with Gasteiger partial charge in [0.15, 0.2) is 0 Å². The first-order valence-corrected chi connectivity index (χ1v) is 10.8. The van der Waals surface area contributed by atoms with Crippen LogP contribution in [0.3, 0.4) is 0 Å². The number of rotatable bonds is 5. The summed E-state index contributed by atoms with van der Waals surface area (Å²) < 4.78 is 39.0. The lowest BCUT2D eigenvalue weighted by atomic mass is 10.0. The molecule has 0 saturated heterocycles. The van der Waals surface area contributed by atoms with E-state index in [1.807, 2.05) is 0 Å². The van der Waals surface area contributed by atoms with Crippen molar-refractivity contribution in [3.05, 3.63) is 65.0 Å². The molecule has 2 aromatic carbocycles. The molecule has 0 saturated carbocycles. The number of hydrogen-bond donors (Lipinski definition) is 1. The fourth-order valence-corrected chi connectivity index (χ4v) is 5.08. The minimum Gasteiger partial charge on any atom is -0.368 e. The minimum absolute atomic E-state index is 0.256. The van der Waals surface area contributed by atoms with Gasteiger partial charge in [-0.1, -0.05) is 12.1 Å². The molecule has 1 aliphatic heterocycles. The maximum Gasteiger partial charge on any atom is 0.254 e. The Balaban J connectivity index is 1.94. The standard InChI is InChI=1S/C20H22FN3O4S/c1-12-9-15-10-14(7-8-17(15)24(12)29(3,27)28)20(26)23(2)18(19(22)25)13-5-4-6-16(21)11-13/h4-8,10-12,18H,9H2,1-3H3,(H2,22,25). The Labute approximate surface area is 169 Å². The van der Waals surface area contributed by atoms with E-state index >= 15 is 0 Å². The number of carbonyl (C=O) groups is 2. The van der Waals surface area contributed by atoms with Crippen molar-refractivity contribution in [1.29, 1.82) is 0 Å². The average Bonchev–Trinajstić information content (AvgIpc) is 2.95. The van der Waals surface area contributed by atoms with Gasteiger partial charge in [-0.2, -0.15) is 0 Å². The number of fused-ring (bicyclic) bond motifs is 1. The summed E-state index contributed by atoms with van der Waals surface area (Å²) in [5.74, 6) is -1.81. The first-order valence-electron chi connectivity index (χ1n) is 8.95. The number of likely N-dealkylation sites (N-methyl/N-ethyl adjacent to an activating group) is 1. The van der Waals surface area contributed by atoms with Crippen LogP contribution >= 0.6 is 0 Å². The van der Waals surface area contributed by atoms with E-state index in [2.05, 4.69) is 0 Å². The summed E-state index contributed by atoms with van der Waals surface area (Å²) in [6.07, 6.45) is 1.61. The molecule has 2 N–H and O–H groups in total. The third-order valence-electron chi connectivity index (χ3n) is 4.98. The second-order valence-electron chi connectivity index (χ2n) is 7.23. The fraction of sp³-hybridized carbons (Fsp3) is 0.300. The van der Waals surface area contributed by atoms with Crippen LogP contribution in [0.25, 0.3) is 0 Å². The summed E-state index contributed by atoms with van der Waals surface area (Å²) in [4.78, 5) is 26.2. The Morgan fingerprint density at radius 3 is 2.52 bits per heavy atom. The molecule has 2 atom stereocenters. The van der Waals surface area contributed by atoms with Gasteiger partial charge < -0.3 is 10.6 Å². The van der Waals surface area contributed by atoms with Crippen molar-refractivity contribution in [3.63, 3.8) is 0 Å². The van der Waals surface area contributed by atoms with Gasteiger partial charge >= 0.3 is 0 Å². The van der Waals surface area contributed by atoms with Gasteiger partial charge in [-0.05, 0) is 54.8 Å². The van der Waals surface area contributed by atoms with Gasteiger partial charge in [0.2, 0.25) is 15.9 Å². The predicted molar refractivity (Wildman–Crippen MR) is 107 cm³/mol. The van der Waals surface area contributed by atoms with Gasteiger partial charge in [-0.3, -0.25) is 13.9 Å². The molecule has 0 aliphatic carbocycles. The summed E-state index contributed by atoms with van der Waals surface area (Å²) in [7, 11) is -2.02. The number of benzene rings is 2. The van der Waals surface area contributed by atoms with Crippen LogP contribution in [0.4, 0.5) is 10.1 Å². The van der Waals surface area contributed by atoms with Crippen LogP contribution in [0.2, 0.25) is 0 Å². The Kier molecular flexibility index (Phi) is 5.36. The number of anilines is 1. The predicted octanol–water partition coefficient (Wildman–Crippen LogP) is 1.83. The summed E-state index contributed by atoms with van der Waals surface area (Å²) in [6.45, 7) is 1.79. The largest absolute Gasteiger partial charge is 0.368 e. The molecule has 9 heteroatoms. The second kappa shape index (κ2) is 7.47. The van der Waals surface area contributed by atoms with Gasteiger partial charge in [0.25, 0.3) is 5.91 Å². The second-order valence-corrected chi connectivity index (χ2v) is 9.09. The lowest BCUT2D eigenvalue weighted by Gasteiger charge is -2.26. The average molecular weight is 419 g/mol. The van der Waals surface area contributed by atoms with Gasteiger partial charge in [-0.25, -0.2) is 12.8 Å². The highest BCUT2D eigenvalue weighted by Gasteiger charge is 2.34. The Bertz CT molecular complexity index is 1090. The monoisotopic (exact) mass is 419 g/mol. The highest BCUT2D eigenvalue weighted by Crippen LogP contribution is 2.35. The first-order chi connectivity index (χ1) is 13.5. The molecule has 0 fully saturated rings. The van der Waals surface area contributed by atoms with E-state index in [1.165, 1.54) is 35.6 Å². The smallest absolute Gasteiger partial charge is 0.254 e. The summed E-state index contributed by atoms with van der Waals surface area (Å²) in [5.41, 5.74) is 7.30. The number of hydrogen-bond acceptors (Lipinski definition) is 4. The van der Waals surface area contributed by atoms with Crippen LogP contribution in [0.1, 0.15) is 34.5 Å². The van der Waals surface area contributed by atoms with Crippen molar-refractivity contribution in [1.82, 2.24) is 4.90 Å². The molecule has 0 aromatic heterocycles. The molecule has 1 heterocycles. The van der Waals surface area contributed by atoms with E-state index in [9.17, 15) is 22.4 Å². The Morgan fingerprint density at radius 2 is 1.93 bits per heavy atom. The van der Waals surface area contributed by atoms with Crippen LogP contribution in [0, 0.1) is 5.82 Å². The molecule has 154 valence electrons. The summed E-state index contributed by atoms with van der Waals surface area (Å²) >= 11 is 0. The zero-order chi connectivity index (χ0) is 21.5. The first kappa shape index (κ1) is 20.8. The maximum absolute atomic E-state index is 13.6. The fourth-order valence-electron chi connectivity index (χ4n) is 3.82. The minimum atomic E-state index is -3.44. The molecular weight excluding hydrogens is 397 g/mol. The van der Waals surface area contributed by atoms with Crippen LogP contribution < -0.4 is 10.0 Å². The van der Waals surface area contributed by atoms with Gasteiger partial charge in [0.05, 0.1) is 11.9 Å². The number of carbonyl (C=O) groups excluding carboxylic acids is 2. The topological polar surface area (TPSA) is 101 Å². The molecule has 0 spiro atoms. The number of amides is 2. The number of sulfonamides is 1. The van der Waals surface area contributed by atoms with Crippen LogP contribution in [0.15, 0.2) is 42.5 Å². The van der Waals surface area contributed by atoms with E-state index in [0.29, 0.717) is 12.1 Å². The molecular formula is C20H22FN3O4S. The van der Waals surface area contributed by atoms with Crippen molar-refractivity contribution in [2.24, 2.45) is 5.73 Å². The van der Waals surface area contributed by atoms with E-state index < -0.39 is 33.7 Å². The van der Waals surface area contributed by atoms with Crippen molar-refractivity contribution >= 4 is 27.5 Å². The lowest BCUT2D eigenvalue weighted by Crippen LogP contribution is -2.39. The number of halogens is 1. The van der Waals surface area contributed by atoms with Crippen molar-refractivity contribution in [3.8, 4) is 0 Å². The third kappa shape index (κ3) is 3.95. The molecule has 2 aromatic rings. The van der Waals surface area contributed by atoms with Crippen molar-refractivity contribution in [2.75, 3.05) is 17.6 Å². The highest BCUT2D eigenvalue weighted by molar-refractivity contribution is 7.92. The Morgan fingerprint density at radius 1 is 1.24 bits per heavy atom. The normalized spacial score (nSPS) is 17.0. The molecule has 1 aliphatic rings. The zero-order valence-corrected chi connectivity index (χ0v) is 17.1. The molecule has 29 heavy (non-hydrogen) atoms. The zero-order valence-electron chi connectivity index (χ0n) is 16.3. The van der Waals surface area contributed by atoms with Crippen LogP contribution in [-0.2, 0) is 21.2 Å². The number of nitrogens with zero attached hydrogens (tertiary/aromatic N) is 2. The van der Waals surface area contributed by atoms with Crippen LogP contribution in [-0.4, -0.2) is 44.5 Å². The number of primary amides is 1. The quantitative estimate of drug-likeness (QED) is 0.799. The molecule has 2 unspecified atom stereocenters. The summed E-state index contributed by atoms with van der Waals surface area (Å²) in [6, 6.07) is 8.68. The lowest BCUT2D eigenvalue weighted by molar-refractivity contribution is -0.122. The van der Waals surface area contributed by atoms with Crippen molar-refractivity contribution < 1.29 is 22.4 Å². The van der Waals surface area contributed by atoms with Gasteiger partial charge in [-0.15, -0.1) is 0 Å². The van der Waals surface area contributed by atoms with E-state index in [1.54, 1.807) is 19.1 Å². The summed E-state index contributed by atoms with van der Waals surface area (Å²) in [5, 5.41) is 0. The van der Waals surface area contributed by atoms with E-state index in [-0.39, 0.29) is 17.2 Å². The molecule has 3 rings (SSSR count). The van der Waals surface area contributed by atoms with Gasteiger partial charge in [0, 0.05) is 18.7 Å². The number of nitrogens with two attached hydrogens (primary N) is 1. The molecule has 0 radical (unpaired) electrons. The third-order valence-corrected chi connectivity index (χ3v) is 6.25. The Hall–Kier alpha value is -2.94. The van der Waals surface area contributed by atoms with Gasteiger partial charge in [0.1, 0.15) is 11.9 Å². The maximum atomic E-state index is 13.6. The van der Waals surface area contributed by atoms with Crippen LogP contribution in [0.5, 0.6) is 0 Å². The highest BCUT2D eigenvalue weighted by atomic mass is 32.2. The molecule has 2 amide bonds. The molecule has 7 nitrogen and oxygen atoms in total. The SMILES string of the molecule is CC1Cc2cc(C(=O)N(C)C(C(N)=O)c3cccc(F)c3)ccc2N1S(C)(=O)=O. The van der Waals surface area contributed by atoms with Crippen molar-refractivity contribution in [2.45, 2.75) is 25.4 Å². The van der Waals surface area contributed by atoms with E-state index in [0.717, 1.165) is 22.8 Å². The van der Waals surface area contributed by atoms with E-state index in [4.69, 9.17) is 5.73 Å². The molecule has 0 bridgehead atoms.